The number of benzene rings is 1. The van der Waals surface area contributed by atoms with Crippen molar-refractivity contribution in [1.29, 1.82) is 0 Å². The standard InChI is InChI=1S/C18H25ClN2O3/c1-18(2,24-15-9-7-14(19)8-10-15)17(23)20-11-13-21-12-5-3-4-6-16(21)22/h7-10H,3-6,11-13H2,1-2H3,(H,20,23). The summed E-state index contributed by atoms with van der Waals surface area (Å²) >= 11 is 5.84. The average molecular weight is 353 g/mol. The van der Waals surface area contributed by atoms with Crippen LogP contribution in [-0.2, 0) is 9.59 Å². The Morgan fingerprint density at radius 1 is 1.25 bits per heavy atom. The molecule has 0 aromatic heterocycles. The molecule has 24 heavy (non-hydrogen) atoms. The number of nitrogens with zero attached hydrogens (tertiary/aromatic N) is 1. The predicted molar refractivity (Wildman–Crippen MR) is 94.2 cm³/mol. The lowest BCUT2D eigenvalue weighted by molar-refractivity contribution is -0.135. The van der Waals surface area contributed by atoms with Crippen LogP contribution in [0.2, 0.25) is 5.02 Å². The summed E-state index contributed by atoms with van der Waals surface area (Å²) in [5, 5.41) is 3.48. The Balaban J connectivity index is 1.81. The Bertz CT molecular complexity index is 572. The molecule has 1 aromatic rings. The first-order valence-electron chi connectivity index (χ1n) is 8.39. The van der Waals surface area contributed by atoms with Gasteiger partial charge in [0.25, 0.3) is 5.91 Å². The zero-order valence-electron chi connectivity index (χ0n) is 14.3. The number of rotatable bonds is 6. The second-order valence-electron chi connectivity index (χ2n) is 6.51. The van der Waals surface area contributed by atoms with Gasteiger partial charge in [0.2, 0.25) is 5.91 Å². The number of halogens is 1. The van der Waals surface area contributed by atoms with Crippen LogP contribution < -0.4 is 10.1 Å². The van der Waals surface area contributed by atoms with Gasteiger partial charge < -0.3 is 15.0 Å². The minimum atomic E-state index is -1.00. The predicted octanol–water partition coefficient (Wildman–Crippen LogP) is 3.02. The first-order chi connectivity index (χ1) is 11.4. The molecule has 132 valence electrons. The van der Waals surface area contributed by atoms with E-state index in [0.717, 1.165) is 25.8 Å². The summed E-state index contributed by atoms with van der Waals surface area (Å²) in [6.07, 6.45) is 3.70. The van der Waals surface area contributed by atoms with Crippen molar-refractivity contribution in [1.82, 2.24) is 10.2 Å². The molecule has 1 saturated heterocycles. The van der Waals surface area contributed by atoms with Crippen molar-refractivity contribution in [3.63, 3.8) is 0 Å². The molecule has 0 saturated carbocycles. The van der Waals surface area contributed by atoms with E-state index >= 15 is 0 Å². The van der Waals surface area contributed by atoms with Gasteiger partial charge in [-0.15, -0.1) is 0 Å². The van der Waals surface area contributed by atoms with E-state index < -0.39 is 5.60 Å². The van der Waals surface area contributed by atoms with Crippen LogP contribution in [0.15, 0.2) is 24.3 Å². The van der Waals surface area contributed by atoms with E-state index in [1.54, 1.807) is 38.1 Å². The lowest BCUT2D eigenvalue weighted by Gasteiger charge is -2.26. The van der Waals surface area contributed by atoms with Crippen molar-refractivity contribution in [3.05, 3.63) is 29.3 Å². The number of nitrogens with one attached hydrogen (secondary N) is 1. The van der Waals surface area contributed by atoms with Crippen LogP contribution in [0.5, 0.6) is 5.75 Å². The molecule has 0 radical (unpaired) electrons. The maximum atomic E-state index is 12.4. The molecule has 5 nitrogen and oxygen atoms in total. The summed E-state index contributed by atoms with van der Waals surface area (Å²) in [7, 11) is 0. The molecule has 1 heterocycles. The van der Waals surface area contributed by atoms with E-state index in [0.29, 0.717) is 30.3 Å². The molecule has 0 aliphatic carbocycles. The first kappa shape index (κ1) is 18.6. The fraction of sp³-hybridized carbons (Fsp3) is 0.556. The molecule has 1 aliphatic rings. The fourth-order valence-electron chi connectivity index (χ4n) is 2.64. The quantitative estimate of drug-likeness (QED) is 0.856. The van der Waals surface area contributed by atoms with E-state index in [1.807, 2.05) is 4.90 Å². The molecule has 1 fully saturated rings. The van der Waals surface area contributed by atoms with E-state index in [9.17, 15) is 9.59 Å². The number of carbonyl (C=O) groups excluding carboxylic acids is 2. The van der Waals surface area contributed by atoms with Crippen LogP contribution in [-0.4, -0.2) is 41.9 Å². The van der Waals surface area contributed by atoms with Gasteiger partial charge in [0.05, 0.1) is 0 Å². The van der Waals surface area contributed by atoms with Gasteiger partial charge in [0, 0.05) is 31.1 Å². The molecule has 1 N–H and O–H groups in total. The van der Waals surface area contributed by atoms with Crippen LogP contribution in [0.3, 0.4) is 0 Å². The molecule has 0 spiro atoms. The van der Waals surface area contributed by atoms with Crippen LogP contribution >= 0.6 is 11.6 Å². The molecule has 0 atom stereocenters. The van der Waals surface area contributed by atoms with Crippen molar-refractivity contribution < 1.29 is 14.3 Å². The highest BCUT2D eigenvalue weighted by Crippen LogP contribution is 2.21. The highest BCUT2D eigenvalue weighted by atomic mass is 35.5. The van der Waals surface area contributed by atoms with Gasteiger partial charge in [0.1, 0.15) is 5.75 Å². The zero-order valence-corrected chi connectivity index (χ0v) is 15.1. The van der Waals surface area contributed by atoms with Gasteiger partial charge in [-0.05, 0) is 51.0 Å². The van der Waals surface area contributed by atoms with Crippen LogP contribution in [0.1, 0.15) is 39.5 Å². The van der Waals surface area contributed by atoms with Crippen molar-refractivity contribution in [2.24, 2.45) is 0 Å². The molecule has 2 rings (SSSR count). The van der Waals surface area contributed by atoms with Gasteiger partial charge in [0.15, 0.2) is 5.60 Å². The lowest BCUT2D eigenvalue weighted by atomic mass is 10.1. The monoisotopic (exact) mass is 352 g/mol. The summed E-state index contributed by atoms with van der Waals surface area (Å²) in [5.41, 5.74) is -1.00. The fourth-order valence-corrected chi connectivity index (χ4v) is 2.76. The van der Waals surface area contributed by atoms with Gasteiger partial charge in [-0.25, -0.2) is 0 Å². The first-order valence-corrected chi connectivity index (χ1v) is 8.77. The van der Waals surface area contributed by atoms with Crippen molar-refractivity contribution in [2.75, 3.05) is 19.6 Å². The van der Waals surface area contributed by atoms with Gasteiger partial charge in [-0.1, -0.05) is 18.0 Å². The lowest BCUT2D eigenvalue weighted by Crippen LogP contribution is -2.48. The largest absolute Gasteiger partial charge is 0.478 e. The highest BCUT2D eigenvalue weighted by molar-refractivity contribution is 6.30. The van der Waals surface area contributed by atoms with Gasteiger partial charge >= 0.3 is 0 Å². The average Bonchev–Trinajstić information content (AvgIpc) is 2.74. The highest BCUT2D eigenvalue weighted by Gasteiger charge is 2.30. The third-order valence-corrected chi connectivity index (χ3v) is 4.32. The van der Waals surface area contributed by atoms with E-state index in [1.165, 1.54) is 0 Å². The Hall–Kier alpha value is -1.75. The number of carbonyl (C=O) groups is 2. The minimum Gasteiger partial charge on any atom is -0.478 e. The molecule has 1 aromatic carbocycles. The normalized spacial score (nSPS) is 15.8. The Labute approximate surface area is 148 Å². The van der Waals surface area contributed by atoms with Crippen LogP contribution in [0, 0.1) is 0 Å². The summed E-state index contributed by atoms with van der Waals surface area (Å²) in [6, 6.07) is 6.90. The molecule has 2 amide bonds. The molecular weight excluding hydrogens is 328 g/mol. The molecular formula is C18H25ClN2O3. The number of ether oxygens (including phenoxy) is 1. The maximum absolute atomic E-state index is 12.4. The Kier molecular flexibility index (Phi) is 6.49. The number of hydrogen-bond acceptors (Lipinski definition) is 3. The van der Waals surface area contributed by atoms with Crippen LogP contribution in [0.4, 0.5) is 0 Å². The minimum absolute atomic E-state index is 0.179. The van der Waals surface area contributed by atoms with Crippen molar-refractivity contribution in [3.8, 4) is 5.75 Å². The smallest absolute Gasteiger partial charge is 0.263 e. The zero-order chi connectivity index (χ0) is 17.6. The second kappa shape index (κ2) is 8.38. The Morgan fingerprint density at radius 2 is 1.96 bits per heavy atom. The second-order valence-corrected chi connectivity index (χ2v) is 6.95. The summed E-state index contributed by atoms with van der Waals surface area (Å²) in [4.78, 5) is 26.1. The molecule has 1 aliphatic heterocycles. The van der Waals surface area contributed by atoms with Crippen molar-refractivity contribution >= 4 is 23.4 Å². The van der Waals surface area contributed by atoms with E-state index in [-0.39, 0.29) is 11.8 Å². The number of likely N-dealkylation sites (tertiary alicyclic amines) is 1. The number of hydrogen-bond donors (Lipinski definition) is 1. The maximum Gasteiger partial charge on any atom is 0.263 e. The summed E-state index contributed by atoms with van der Waals surface area (Å²) < 4.78 is 5.75. The summed E-state index contributed by atoms with van der Waals surface area (Å²) in [5.74, 6) is 0.556. The van der Waals surface area contributed by atoms with Gasteiger partial charge in [-0.2, -0.15) is 0 Å². The SMILES string of the molecule is CC(C)(Oc1ccc(Cl)cc1)C(=O)NCCN1CCCCCC1=O. The molecule has 0 unspecified atom stereocenters. The summed E-state index contributed by atoms with van der Waals surface area (Å²) in [6.45, 7) is 5.18. The van der Waals surface area contributed by atoms with Crippen LogP contribution in [0.25, 0.3) is 0 Å². The number of amides is 2. The van der Waals surface area contributed by atoms with Gasteiger partial charge in [-0.3, -0.25) is 9.59 Å². The third-order valence-electron chi connectivity index (χ3n) is 4.07. The third kappa shape index (κ3) is 5.41. The van der Waals surface area contributed by atoms with E-state index in [4.69, 9.17) is 16.3 Å². The van der Waals surface area contributed by atoms with E-state index in [2.05, 4.69) is 5.32 Å². The molecule has 6 heteroatoms. The Morgan fingerprint density at radius 3 is 2.67 bits per heavy atom. The van der Waals surface area contributed by atoms with Crippen molar-refractivity contribution in [2.45, 2.75) is 45.1 Å². The topological polar surface area (TPSA) is 58.6 Å². The molecule has 0 bridgehead atoms.